The minimum atomic E-state index is -3.06. The van der Waals surface area contributed by atoms with Gasteiger partial charge in [0.15, 0.2) is 0 Å². The fourth-order valence-corrected chi connectivity index (χ4v) is 3.86. The predicted molar refractivity (Wildman–Crippen MR) is 67.1 cm³/mol. The van der Waals surface area contributed by atoms with Crippen molar-refractivity contribution in [2.24, 2.45) is 17.6 Å². The third kappa shape index (κ3) is 3.32. The van der Waals surface area contributed by atoms with Gasteiger partial charge in [-0.25, -0.2) is 12.7 Å². The summed E-state index contributed by atoms with van der Waals surface area (Å²) in [6.07, 6.45) is 4.41. The van der Waals surface area contributed by atoms with Crippen LogP contribution in [0.5, 0.6) is 0 Å². The molecule has 2 N–H and O–H groups in total. The summed E-state index contributed by atoms with van der Waals surface area (Å²) in [4.78, 5) is 0. The van der Waals surface area contributed by atoms with Gasteiger partial charge in [0, 0.05) is 19.6 Å². The Hall–Kier alpha value is 0.160. The van der Waals surface area contributed by atoms with Crippen molar-refractivity contribution in [3.63, 3.8) is 0 Å². The molecule has 2 aliphatic rings. The van der Waals surface area contributed by atoms with E-state index in [1.807, 2.05) is 0 Å². The van der Waals surface area contributed by atoms with E-state index in [4.69, 9.17) is 5.73 Å². The van der Waals surface area contributed by atoms with E-state index in [1.165, 1.54) is 4.31 Å². The van der Waals surface area contributed by atoms with Crippen LogP contribution in [0.1, 0.15) is 25.7 Å². The number of likely N-dealkylation sites (N-methyl/N-ethyl adjacent to an activating group) is 1. The van der Waals surface area contributed by atoms with Crippen LogP contribution in [0.2, 0.25) is 0 Å². The molecule has 0 radical (unpaired) electrons. The first kappa shape index (κ1) is 14.2. The molecule has 0 aromatic rings. The van der Waals surface area contributed by atoms with Gasteiger partial charge in [0.25, 0.3) is 0 Å². The molecule has 0 amide bonds. The normalized spacial score (nSPS) is 22.9. The maximum absolute atomic E-state index is 12.0. The van der Waals surface area contributed by atoms with Crippen LogP contribution in [0.25, 0.3) is 0 Å². The van der Waals surface area contributed by atoms with Crippen LogP contribution < -0.4 is 5.73 Å². The molecule has 0 aromatic carbocycles. The summed E-state index contributed by atoms with van der Waals surface area (Å²) in [7, 11) is -1.37. The first-order valence-corrected chi connectivity index (χ1v) is 7.31. The molecule has 0 spiro atoms. The highest BCUT2D eigenvalue weighted by molar-refractivity contribution is 7.89. The Kier molecular flexibility index (Phi) is 4.63. The highest BCUT2D eigenvalue weighted by atomic mass is 35.5. The SMILES string of the molecule is CN(C(CN)C1CC1)S(=O)(=O)CC1CC1.Cl. The molecule has 0 heterocycles. The lowest BCUT2D eigenvalue weighted by molar-refractivity contribution is 0.340. The van der Waals surface area contributed by atoms with Crippen LogP contribution in [0.4, 0.5) is 0 Å². The quantitative estimate of drug-likeness (QED) is 0.776. The Morgan fingerprint density at radius 2 is 1.88 bits per heavy atom. The van der Waals surface area contributed by atoms with E-state index < -0.39 is 10.0 Å². The lowest BCUT2D eigenvalue weighted by atomic mass is 10.2. The van der Waals surface area contributed by atoms with Crippen LogP contribution >= 0.6 is 12.4 Å². The lowest BCUT2D eigenvalue weighted by Gasteiger charge is -2.26. The monoisotopic (exact) mass is 268 g/mol. The van der Waals surface area contributed by atoms with Crippen LogP contribution in [0.3, 0.4) is 0 Å². The molecule has 0 bridgehead atoms. The number of halogens is 1. The molecule has 16 heavy (non-hydrogen) atoms. The van der Waals surface area contributed by atoms with E-state index in [1.54, 1.807) is 7.05 Å². The molecule has 1 atom stereocenters. The fourth-order valence-electron chi connectivity index (χ4n) is 2.03. The topological polar surface area (TPSA) is 63.4 Å². The van der Waals surface area contributed by atoms with Crippen molar-refractivity contribution in [3.8, 4) is 0 Å². The van der Waals surface area contributed by atoms with Gasteiger partial charge in [0.2, 0.25) is 10.0 Å². The third-order valence-electron chi connectivity index (χ3n) is 3.46. The van der Waals surface area contributed by atoms with Gasteiger partial charge >= 0.3 is 0 Å². The zero-order chi connectivity index (χ0) is 11.1. The average molecular weight is 269 g/mol. The predicted octanol–water partition coefficient (Wildman–Crippen LogP) is 0.817. The van der Waals surface area contributed by atoms with Gasteiger partial charge in [-0.1, -0.05) is 0 Å². The zero-order valence-corrected chi connectivity index (χ0v) is 11.3. The Balaban J connectivity index is 0.00000128. The summed E-state index contributed by atoms with van der Waals surface area (Å²) in [5.41, 5.74) is 5.65. The molecule has 0 aliphatic heterocycles. The standard InChI is InChI=1S/C10H20N2O2S.ClH/c1-12(10(6-11)9-4-5-9)15(13,14)7-8-2-3-8;/h8-10H,2-7,11H2,1H3;1H. The van der Waals surface area contributed by atoms with E-state index in [0.717, 1.165) is 25.7 Å². The van der Waals surface area contributed by atoms with Crippen LogP contribution in [-0.4, -0.2) is 38.1 Å². The molecule has 2 fully saturated rings. The van der Waals surface area contributed by atoms with Crippen molar-refractivity contribution in [1.82, 2.24) is 4.31 Å². The van der Waals surface area contributed by atoms with E-state index in [9.17, 15) is 8.42 Å². The Morgan fingerprint density at radius 1 is 1.31 bits per heavy atom. The minimum absolute atomic E-state index is 0. The summed E-state index contributed by atoms with van der Waals surface area (Å²) in [5.74, 6) is 1.25. The largest absolute Gasteiger partial charge is 0.329 e. The molecule has 6 heteroatoms. The van der Waals surface area contributed by atoms with Gasteiger partial charge < -0.3 is 5.73 Å². The maximum Gasteiger partial charge on any atom is 0.214 e. The van der Waals surface area contributed by atoms with E-state index in [2.05, 4.69) is 0 Å². The number of nitrogens with zero attached hydrogens (tertiary/aromatic N) is 1. The molecular weight excluding hydrogens is 248 g/mol. The lowest BCUT2D eigenvalue weighted by Crippen LogP contribution is -2.44. The molecule has 96 valence electrons. The van der Waals surface area contributed by atoms with Crippen molar-refractivity contribution in [3.05, 3.63) is 0 Å². The summed E-state index contributed by atoms with van der Waals surface area (Å²) in [5, 5.41) is 0. The van der Waals surface area contributed by atoms with Gasteiger partial charge in [0.05, 0.1) is 5.75 Å². The van der Waals surface area contributed by atoms with Gasteiger partial charge in [0.1, 0.15) is 0 Å². The smallest absolute Gasteiger partial charge is 0.214 e. The molecule has 2 saturated carbocycles. The summed E-state index contributed by atoms with van der Waals surface area (Å²) < 4.78 is 25.5. The van der Waals surface area contributed by atoms with Crippen LogP contribution in [-0.2, 0) is 10.0 Å². The Labute approximate surface area is 104 Å². The molecule has 2 aliphatic carbocycles. The van der Waals surface area contributed by atoms with E-state index in [-0.39, 0.29) is 18.4 Å². The van der Waals surface area contributed by atoms with Crippen molar-refractivity contribution in [2.75, 3.05) is 19.3 Å². The van der Waals surface area contributed by atoms with Gasteiger partial charge in [-0.05, 0) is 37.5 Å². The minimum Gasteiger partial charge on any atom is -0.329 e. The highest BCUT2D eigenvalue weighted by Crippen LogP contribution is 2.37. The third-order valence-corrected chi connectivity index (χ3v) is 5.50. The second-order valence-electron chi connectivity index (χ2n) is 4.88. The second kappa shape index (κ2) is 5.21. The van der Waals surface area contributed by atoms with Crippen molar-refractivity contribution in [1.29, 1.82) is 0 Å². The molecule has 2 rings (SSSR count). The number of nitrogens with two attached hydrogens (primary N) is 1. The fraction of sp³-hybridized carbons (Fsp3) is 1.00. The number of sulfonamides is 1. The number of hydrogen-bond donors (Lipinski definition) is 1. The molecular formula is C10H21ClN2O2S. The van der Waals surface area contributed by atoms with Crippen LogP contribution in [0.15, 0.2) is 0 Å². The average Bonchev–Trinajstić information content (AvgIpc) is 2.96. The Bertz CT molecular complexity index is 326. The van der Waals surface area contributed by atoms with Crippen molar-refractivity contribution in [2.45, 2.75) is 31.7 Å². The number of rotatable bonds is 6. The van der Waals surface area contributed by atoms with Crippen LogP contribution in [0, 0.1) is 11.8 Å². The summed E-state index contributed by atoms with van der Waals surface area (Å²) in [6.45, 7) is 0.449. The van der Waals surface area contributed by atoms with Crippen molar-refractivity contribution < 1.29 is 8.42 Å². The molecule has 0 aromatic heterocycles. The first-order valence-electron chi connectivity index (χ1n) is 5.70. The van der Waals surface area contributed by atoms with E-state index >= 15 is 0 Å². The highest BCUT2D eigenvalue weighted by Gasteiger charge is 2.39. The summed E-state index contributed by atoms with van der Waals surface area (Å²) >= 11 is 0. The summed E-state index contributed by atoms with van der Waals surface area (Å²) in [6, 6.07) is 0.0359. The van der Waals surface area contributed by atoms with Crippen molar-refractivity contribution >= 4 is 22.4 Å². The maximum atomic E-state index is 12.0. The van der Waals surface area contributed by atoms with Gasteiger partial charge in [-0.3, -0.25) is 0 Å². The second-order valence-corrected chi connectivity index (χ2v) is 6.95. The number of hydrogen-bond acceptors (Lipinski definition) is 3. The molecule has 0 saturated heterocycles. The zero-order valence-electron chi connectivity index (χ0n) is 9.63. The van der Waals surface area contributed by atoms with E-state index in [0.29, 0.717) is 24.1 Å². The Morgan fingerprint density at radius 3 is 2.25 bits per heavy atom. The van der Waals surface area contributed by atoms with Gasteiger partial charge in [-0.2, -0.15) is 0 Å². The molecule has 1 unspecified atom stereocenters. The van der Waals surface area contributed by atoms with Gasteiger partial charge in [-0.15, -0.1) is 12.4 Å². The first-order chi connectivity index (χ1) is 7.04. The molecule has 4 nitrogen and oxygen atoms in total.